The van der Waals surface area contributed by atoms with Crippen LogP contribution in [0.4, 0.5) is 0 Å². The standard InChI is InChI=1S/C15H22N2O2/c1-5-11-17(15(19)7-3)13-10-9-12-16(8-4)14(18)6-2/h5-7,9-10H,1-3,8,11-13H2,4H3/b10-9+. The smallest absolute Gasteiger partial charge is 0.246 e. The summed E-state index contributed by atoms with van der Waals surface area (Å²) in [6, 6.07) is 0. The highest BCUT2D eigenvalue weighted by Gasteiger charge is 2.06. The normalized spacial score (nSPS) is 9.95. The summed E-state index contributed by atoms with van der Waals surface area (Å²) in [6.45, 7) is 14.5. The molecule has 4 nitrogen and oxygen atoms in total. The van der Waals surface area contributed by atoms with Crippen LogP contribution in [0.1, 0.15) is 6.92 Å². The number of carbonyl (C=O) groups excluding carboxylic acids is 2. The lowest BCUT2D eigenvalue weighted by molar-refractivity contribution is -0.126. The first kappa shape index (κ1) is 16.9. The summed E-state index contributed by atoms with van der Waals surface area (Å²) >= 11 is 0. The molecule has 19 heavy (non-hydrogen) atoms. The van der Waals surface area contributed by atoms with E-state index in [1.54, 1.807) is 15.9 Å². The summed E-state index contributed by atoms with van der Waals surface area (Å²) < 4.78 is 0. The highest BCUT2D eigenvalue weighted by atomic mass is 16.2. The molecular formula is C15H22N2O2. The van der Waals surface area contributed by atoms with Crippen LogP contribution < -0.4 is 0 Å². The van der Waals surface area contributed by atoms with Crippen LogP contribution in [0, 0.1) is 0 Å². The van der Waals surface area contributed by atoms with E-state index >= 15 is 0 Å². The van der Waals surface area contributed by atoms with Gasteiger partial charge in [0.1, 0.15) is 0 Å². The summed E-state index contributed by atoms with van der Waals surface area (Å²) in [6.07, 6.45) is 7.94. The minimum atomic E-state index is -0.140. The second-order valence-electron chi connectivity index (χ2n) is 3.79. The molecule has 0 aliphatic carbocycles. The van der Waals surface area contributed by atoms with E-state index in [1.807, 2.05) is 19.1 Å². The van der Waals surface area contributed by atoms with Crippen LogP contribution in [0.15, 0.2) is 50.1 Å². The molecule has 0 heterocycles. The van der Waals surface area contributed by atoms with Crippen LogP contribution in [0.5, 0.6) is 0 Å². The summed E-state index contributed by atoms with van der Waals surface area (Å²) in [7, 11) is 0. The van der Waals surface area contributed by atoms with Crippen LogP contribution in [-0.2, 0) is 9.59 Å². The van der Waals surface area contributed by atoms with Crippen LogP contribution in [0.3, 0.4) is 0 Å². The van der Waals surface area contributed by atoms with Gasteiger partial charge in [0.25, 0.3) is 0 Å². The first-order chi connectivity index (χ1) is 9.10. The molecule has 2 amide bonds. The Kier molecular flexibility index (Phi) is 8.79. The highest BCUT2D eigenvalue weighted by molar-refractivity contribution is 5.87. The van der Waals surface area contributed by atoms with Gasteiger partial charge in [-0.15, -0.1) is 6.58 Å². The van der Waals surface area contributed by atoms with E-state index in [4.69, 9.17) is 0 Å². The average Bonchev–Trinajstić information content (AvgIpc) is 2.44. The molecule has 0 N–H and O–H groups in total. The van der Waals surface area contributed by atoms with E-state index in [1.165, 1.54) is 12.2 Å². The molecule has 0 radical (unpaired) electrons. The predicted molar refractivity (Wildman–Crippen MR) is 78.6 cm³/mol. The van der Waals surface area contributed by atoms with Crippen molar-refractivity contribution >= 4 is 11.8 Å². The summed E-state index contributed by atoms with van der Waals surface area (Å²) in [4.78, 5) is 26.1. The second-order valence-corrected chi connectivity index (χ2v) is 3.79. The third kappa shape index (κ3) is 6.41. The van der Waals surface area contributed by atoms with Gasteiger partial charge in [-0.3, -0.25) is 9.59 Å². The fourth-order valence-corrected chi connectivity index (χ4v) is 1.45. The zero-order valence-corrected chi connectivity index (χ0v) is 11.5. The van der Waals surface area contributed by atoms with E-state index in [-0.39, 0.29) is 11.8 Å². The van der Waals surface area contributed by atoms with Crippen molar-refractivity contribution in [1.82, 2.24) is 9.80 Å². The fraction of sp³-hybridized carbons (Fsp3) is 0.333. The second kappa shape index (κ2) is 9.88. The minimum absolute atomic E-state index is 0.0998. The number of hydrogen-bond acceptors (Lipinski definition) is 2. The summed E-state index contributed by atoms with van der Waals surface area (Å²) in [5.74, 6) is -0.240. The van der Waals surface area contributed by atoms with Gasteiger partial charge in [-0.25, -0.2) is 0 Å². The van der Waals surface area contributed by atoms with Crippen LogP contribution >= 0.6 is 0 Å². The lowest BCUT2D eigenvalue weighted by Crippen LogP contribution is -2.31. The van der Waals surface area contributed by atoms with Gasteiger partial charge in [0, 0.05) is 26.2 Å². The first-order valence-electron chi connectivity index (χ1n) is 6.19. The lowest BCUT2D eigenvalue weighted by atomic mass is 10.3. The Bertz CT molecular complexity index is 372. The molecule has 0 aromatic carbocycles. The van der Waals surface area contributed by atoms with Gasteiger partial charge >= 0.3 is 0 Å². The first-order valence-corrected chi connectivity index (χ1v) is 6.19. The van der Waals surface area contributed by atoms with E-state index in [0.29, 0.717) is 26.2 Å². The predicted octanol–water partition coefficient (Wildman–Crippen LogP) is 1.78. The molecule has 0 rings (SSSR count). The number of hydrogen-bond donors (Lipinski definition) is 0. The van der Waals surface area contributed by atoms with Crippen molar-refractivity contribution in [2.24, 2.45) is 0 Å². The van der Waals surface area contributed by atoms with E-state index in [2.05, 4.69) is 19.7 Å². The van der Waals surface area contributed by atoms with Crippen molar-refractivity contribution < 1.29 is 9.59 Å². The molecule has 0 saturated heterocycles. The maximum Gasteiger partial charge on any atom is 0.246 e. The van der Waals surface area contributed by atoms with Crippen molar-refractivity contribution in [2.45, 2.75) is 6.92 Å². The van der Waals surface area contributed by atoms with Gasteiger partial charge in [0.2, 0.25) is 11.8 Å². The van der Waals surface area contributed by atoms with Gasteiger partial charge in [0.05, 0.1) is 0 Å². The molecule has 4 heteroatoms. The van der Waals surface area contributed by atoms with E-state index in [9.17, 15) is 9.59 Å². The zero-order valence-electron chi connectivity index (χ0n) is 11.5. The molecule has 0 unspecified atom stereocenters. The molecule has 0 aliphatic rings. The Labute approximate surface area is 115 Å². The molecule has 0 fully saturated rings. The van der Waals surface area contributed by atoms with Crippen molar-refractivity contribution in [3.63, 3.8) is 0 Å². The van der Waals surface area contributed by atoms with E-state index < -0.39 is 0 Å². The number of amides is 2. The van der Waals surface area contributed by atoms with Crippen molar-refractivity contribution in [3.8, 4) is 0 Å². The quantitative estimate of drug-likeness (QED) is 0.469. The summed E-state index contributed by atoms with van der Waals surface area (Å²) in [5, 5.41) is 0. The Hall–Kier alpha value is -2.10. The van der Waals surface area contributed by atoms with Gasteiger partial charge in [0.15, 0.2) is 0 Å². The number of likely N-dealkylation sites (N-methyl/N-ethyl adjacent to an activating group) is 1. The number of carbonyl (C=O) groups is 2. The van der Waals surface area contributed by atoms with Crippen molar-refractivity contribution in [3.05, 3.63) is 50.1 Å². The number of rotatable bonds is 9. The van der Waals surface area contributed by atoms with Crippen LogP contribution in [0.2, 0.25) is 0 Å². The van der Waals surface area contributed by atoms with E-state index in [0.717, 1.165) is 0 Å². The van der Waals surface area contributed by atoms with Gasteiger partial charge in [-0.1, -0.05) is 31.4 Å². The SMILES string of the molecule is C=CCN(C/C=C/CN(CC)C(=O)C=C)C(=O)C=C. The molecule has 0 saturated carbocycles. The largest absolute Gasteiger partial charge is 0.336 e. The molecule has 104 valence electrons. The number of nitrogens with zero attached hydrogens (tertiary/aromatic N) is 2. The average molecular weight is 262 g/mol. The molecule has 0 aliphatic heterocycles. The van der Waals surface area contributed by atoms with Crippen LogP contribution in [0.25, 0.3) is 0 Å². The van der Waals surface area contributed by atoms with Crippen molar-refractivity contribution in [1.29, 1.82) is 0 Å². The summed E-state index contributed by atoms with van der Waals surface area (Å²) in [5.41, 5.74) is 0. The zero-order chi connectivity index (χ0) is 14.7. The Morgan fingerprint density at radius 3 is 1.79 bits per heavy atom. The van der Waals surface area contributed by atoms with Crippen molar-refractivity contribution in [2.75, 3.05) is 26.2 Å². The monoisotopic (exact) mass is 262 g/mol. The fourth-order valence-electron chi connectivity index (χ4n) is 1.45. The Morgan fingerprint density at radius 1 is 0.895 bits per heavy atom. The molecule has 0 aromatic rings. The maximum atomic E-state index is 11.5. The third-order valence-corrected chi connectivity index (χ3v) is 2.52. The third-order valence-electron chi connectivity index (χ3n) is 2.52. The molecule has 0 atom stereocenters. The Balaban J connectivity index is 4.35. The van der Waals surface area contributed by atoms with Crippen LogP contribution in [-0.4, -0.2) is 47.8 Å². The molecule has 0 aromatic heterocycles. The molecular weight excluding hydrogens is 240 g/mol. The highest BCUT2D eigenvalue weighted by Crippen LogP contribution is 1.95. The van der Waals surface area contributed by atoms with Gasteiger partial charge < -0.3 is 9.80 Å². The minimum Gasteiger partial charge on any atom is -0.336 e. The molecule has 0 spiro atoms. The van der Waals surface area contributed by atoms with Gasteiger partial charge in [-0.2, -0.15) is 0 Å². The topological polar surface area (TPSA) is 40.6 Å². The van der Waals surface area contributed by atoms with Gasteiger partial charge in [-0.05, 0) is 19.1 Å². The lowest BCUT2D eigenvalue weighted by Gasteiger charge is -2.18. The maximum absolute atomic E-state index is 11.5. The Morgan fingerprint density at radius 2 is 1.37 bits per heavy atom. The molecule has 0 bridgehead atoms.